The second kappa shape index (κ2) is 7.56. The van der Waals surface area contributed by atoms with Crippen LogP contribution in [0.4, 0.5) is 5.69 Å². The van der Waals surface area contributed by atoms with Crippen LogP contribution in [-0.4, -0.2) is 32.1 Å². The van der Waals surface area contributed by atoms with Crippen LogP contribution in [0.5, 0.6) is 0 Å². The van der Waals surface area contributed by atoms with Gasteiger partial charge in [-0.15, -0.1) is 0 Å². The van der Waals surface area contributed by atoms with Gasteiger partial charge in [0.05, 0.1) is 16.9 Å². The number of carbonyl (C=O) groups excluding carboxylic acids is 1. The summed E-state index contributed by atoms with van der Waals surface area (Å²) < 4.78 is 6.90. The SMILES string of the molecule is O=C(c1cc(-c2ccco2)nn1-c1cccc([N+](=O)[O-])c1)N1CCc2ccccc2C1. The zero-order chi connectivity index (χ0) is 21.4. The van der Waals surface area contributed by atoms with Crippen molar-refractivity contribution in [3.63, 3.8) is 0 Å². The summed E-state index contributed by atoms with van der Waals surface area (Å²) in [5.74, 6) is 0.327. The molecule has 0 radical (unpaired) electrons. The molecule has 8 nitrogen and oxygen atoms in total. The second-order valence-corrected chi connectivity index (χ2v) is 7.33. The number of rotatable bonds is 4. The number of fused-ring (bicyclic) bond motifs is 1. The first-order valence-electron chi connectivity index (χ1n) is 9.85. The predicted molar refractivity (Wildman–Crippen MR) is 113 cm³/mol. The zero-order valence-corrected chi connectivity index (χ0v) is 16.5. The summed E-state index contributed by atoms with van der Waals surface area (Å²) in [5, 5.41) is 15.8. The number of carbonyl (C=O) groups is 1. The molecule has 0 unspecified atom stereocenters. The Morgan fingerprint density at radius 3 is 2.65 bits per heavy atom. The number of hydrogen-bond acceptors (Lipinski definition) is 5. The molecule has 2 aromatic carbocycles. The van der Waals surface area contributed by atoms with Crippen LogP contribution in [0, 0.1) is 10.1 Å². The van der Waals surface area contributed by atoms with E-state index in [9.17, 15) is 14.9 Å². The topological polar surface area (TPSA) is 94.4 Å². The molecule has 0 bridgehead atoms. The largest absolute Gasteiger partial charge is 0.463 e. The summed E-state index contributed by atoms with van der Waals surface area (Å²) >= 11 is 0. The van der Waals surface area contributed by atoms with Crippen molar-refractivity contribution in [1.82, 2.24) is 14.7 Å². The van der Waals surface area contributed by atoms with Crippen LogP contribution >= 0.6 is 0 Å². The number of furan rings is 1. The first kappa shape index (κ1) is 18.8. The van der Waals surface area contributed by atoms with Crippen molar-refractivity contribution >= 4 is 11.6 Å². The van der Waals surface area contributed by atoms with Crippen molar-refractivity contribution in [3.05, 3.63) is 99.9 Å². The zero-order valence-electron chi connectivity index (χ0n) is 16.5. The highest BCUT2D eigenvalue weighted by Gasteiger charge is 2.26. The molecule has 0 N–H and O–H groups in total. The van der Waals surface area contributed by atoms with E-state index in [0.717, 1.165) is 12.0 Å². The lowest BCUT2D eigenvalue weighted by Crippen LogP contribution is -2.37. The minimum absolute atomic E-state index is 0.0714. The summed E-state index contributed by atoms with van der Waals surface area (Å²) in [6.07, 6.45) is 2.31. The lowest BCUT2D eigenvalue weighted by atomic mass is 10.00. The maximum atomic E-state index is 13.5. The van der Waals surface area contributed by atoms with E-state index in [4.69, 9.17) is 4.42 Å². The first-order valence-corrected chi connectivity index (χ1v) is 9.85. The monoisotopic (exact) mass is 414 g/mol. The Morgan fingerprint density at radius 2 is 1.87 bits per heavy atom. The van der Waals surface area contributed by atoms with Crippen LogP contribution in [0.1, 0.15) is 21.6 Å². The molecule has 0 saturated carbocycles. The van der Waals surface area contributed by atoms with E-state index in [1.54, 1.807) is 35.2 Å². The van der Waals surface area contributed by atoms with E-state index in [-0.39, 0.29) is 11.6 Å². The van der Waals surface area contributed by atoms with E-state index in [0.29, 0.717) is 35.9 Å². The molecule has 1 aliphatic rings. The predicted octanol–water partition coefficient (Wildman–Crippen LogP) is 4.24. The number of hydrogen-bond donors (Lipinski definition) is 0. The number of nitrogens with zero attached hydrogens (tertiary/aromatic N) is 4. The van der Waals surface area contributed by atoms with E-state index < -0.39 is 4.92 Å². The van der Waals surface area contributed by atoms with Gasteiger partial charge in [0.15, 0.2) is 5.76 Å². The van der Waals surface area contributed by atoms with Crippen LogP contribution in [0.25, 0.3) is 17.1 Å². The van der Waals surface area contributed by atoms with Gasteiger partial charge >= 0.3 is 0 Å². The van der Waals surface area contributed by atoms with Gasteiger partial charge < -0.3 is 9.32 Å². The normalized spacial score (nSPS) is 13.1. The van der Waals surface area contributed by atoms with Crippen molar-refractivity contribution < 1.29 is 14.1 Å². The first-order chi connectivity index (χ1) is 15.1. The van der Waals surface area contributed by atoms with Crippen molar-refractivity contribution in [2.24, 2.45) is 0 Å². The van der Waals surface area contributed by atoms with Crippen LogP contribution in [-0.2, 0) is 13.0 Å². The number of non-ortho nitro benzene ring substituents is 1. The van der Waals surface area contributed by atoms with E-state index >= 15 is 0 Å². The van der Waals surface area contributed by atoms with Gasteiger partial charge in [-0.2, -0.15) is 5.10 Å². The number of nitro groups is 1. The molecule has 0 saturated heterocycles. The molecule has 8 heteroatoms. The summed E-state index contributed by atoms with van der Waals surface area (Å²) in [4.78, 5) is 26.1. The standard InChI is InChI=1S/C23H18N4O4/c28-23(25-11-10-16-5-1-2-6-17(16)15-25)21-14-20(22-9-4-12-31-22)24-26(21)18-7-3-8-19(13-18)27(29)30/h1-9,12-14H,10-11,15H2. The second-order valence-electron chi connectivity index (χ2n) is 7.33. The van der Waals surface area contributed by atoms with E-state index in [1.165, 1.54) is 28.6 Å². The van der Waals surface area contributed by atoms with Crippen molar-refractivity contribution in [3.8, 4) is 17.1 Å². The average Bonchev–Trinajstić information content (AvgIpc) is 3.48. The number of benzene rings is 2. The van der Waals surface area contributed by atoms with Crippen LogP contribution in [0.2, 0.25) is 0 Å². The van der Waals surface area contributed by atoms with Gasteiger partial charge in [-0.1, -0.05) is 30.3 Å². The van der Waals surface area contributed by atoms with Gasteiger partial charge in [-0.3, -0.25) is 14.9 Å². The molecule has 0 fully saturated rings. The summed E-state index contributed by atoms with van der Waals surface area (Å²) in [6, 6.07) is 19.3. The Kier molecular flexibility index (Phi) is 4.59. The number of nitro benzene ring substituents is 1. The lowest BCUT2D eigenvalue weighted by molar-refractivity contribution is -0.384. The maximum absolute atomic E-state index is 13.5. The minimum Gasteiger partial charge on any atom is -0.463 e. The van der Waals surface area contributed by atoms with Gasteiger partial charge in [0.1, 0.15) is 11.4 Å². The molecule has 4 aromatic rings. The van der Waals surface area contributed by atoms with Gasteiger partial charge in [-0.05, 0) is 35.7 Å². The van der Waals surface area contributed by atoms with Gasteiger partial charge in [0.2, 0.25) is 0 Å². The third-order valence-corrected chi connectivity index (χ3v) is 5.41. The van der Waals surface area contributed by atoms with Crippen LogP contribution in [0.15, 0.2) is 77.4 Å². The fourth-order valence-corrected chi connectivity index (χ4v) is 3.84. The maximum Gasteiger partial charge on any atom is 0.272 e. The molecule has 0 aliphatic carbocycles. The van der Waals surface area contributed by atoms with Crippen LogP contribution < -0.4 is 0 Å². The Bertz CT molecular complexity index is 1280. The molecule has 0 atom stereocenters. The van der Waals surface area contributed by atoms with Gasteiger partial charge in [-0.25, -0.2) is 4.68 Å². The molecule has 1 aliphatic heterocycles. The summed E-state index contributed by atoms with van der Waals surface area (Å²) in [7, 11) is 0. The third kappa shape index (κ3) is 3.48. The molecule has 2 aromatic heterocycles. The highest BCUT2D eigenvalue weighted by molar-refractivity contribution is 5.94. The average molecular weight is 414 g/mol. The smallest absolute Gasteiger partial charge is 0.272 e. The minimum atomic E-state index is -0.469. The molecule has 3 heterocycles. The Balaban J connectivity index is 1.57. The van der Waals surface area contributed by atoms with Crippen molar-refractivity contribution in [2.75, 3.05) is 6.54 Å². The molecule has 31 heavy (non-hydrogen) atoms. The van der Waals surface area contributed by atoms with Gasteiger partial charge in [0, 0.05) is 31.3 Å². The van der Waals surface area contributed by atoms with Gasteiger partial charge in [0.25, 0.3) is 11.6 Å². The lowest BCUT2D eigenvalue weighted by Gasteiger charge is -2.28. The number of amides is 1. The highest BCUT2D eigenvalue weighted by Crippen LogP contribution is 2.26. The third-order valence-electron chi connectivity index (χ3n) is 5.41. The van der Waals surface area contributed by atoms with Crippen molar-refractivity contribution in [1.29, 1.82) is 0 Å². The summed E-state index contributed by atoms with van der Waals surface area (Å²) in [5.41, 5.74) is 3.54. The molecule has 5 rings (SSSR count). The van der Waals surface area contributed by atoms with E-state index in [1.807, 2.05) is 18.2 Å². The summed E-state index contributed by atoms with van der Waals surface area (Å²) in [6.45, 7) is 1.09. The fourth-order valence-electron chi connectivity index (χ4n) is 3.84. The van der Waals surface area contributed by atoms with E-state index in [2.05, 4.69) is 11.2 Å². The Morgan fingerprint density at radius 1 is 1.03 bits per heavy atom. The molecular weight excluding hydrogens is 396 g/mol. The fraction of sp³-hybridized carbons (Fsp3) is 0.130. The highest BCUT2D eigenvalue weighted by atomic mass is 16.6. The molecule has 0 spiro atoms. The van der Waals surface area contributed by atoms with Crippen molar-refractivity contribution in [2.45, 2.75) is 13.0 Å². The Hall–Kier alpha value is -4.20. The number of aromatic nitrogens is 2. The molecule has 154 valence electrons. The quantitative estimate of drug-likeness (QED) is 0.368. The molecule has 1 amide bonds. The Labute approximate surface area is 177 Å². The van der Waals surface area contributed by atoms with Crippen LogP contribution in [0.3, 0.4) is 0 Å². The molecular formula is C23H18N4O4.